The molecule has 1 nitrogen and oxygen atoms in total. The fraction of sp³-hybridized carbons (Fsp3) is 0.235. The van der Waals surface area contributed by atoms with Crippen molar-refractivity contribution >= 4 is 21.7 Å². The summed E-state index contributed by atoms with van der Waals surface area (Å²) < 4.78 is 0. The summed E-state index contributed by atoms with van der Waals surface area (Å²) in [5, 5.41) is 3.80. The van der Waals surface area contributed by atoms with E-state index in [1.165, 1.54) is 21.7 Å². The Morgan fingerprint density at radius 2 is 1.50 bits per heavy atom. The molecule has 3 aromatic rings. The van der Waals surface area contributed by atoms with Gasteiger partial charge in [0.1, 0.15) is 0 Å². The molecule has 0 aliphatic rings. The van der Waals surface area contributed by atoms with Crippen LogP contribution >= 0.6 is 0 Å². The molecule has 3 rings (SSSR count). The third kappa shape index (κ3) is 2.08. The number of aromatic nitrogens is 1. The van der Waals surface area contributed by atoms with Crippen LogP contribution in [0.15, 0.2) is 42.5 Å². The summed E-state index contributed by atoms with van der Waals surface area (Å²) in [6.45, 7) is 8.20. The molecule has 0 fully saturated rings. The van der Waals surface area contributed by atoms with Crippen LogP contribution in [0.1, 0.15) is 25.1 Å². The van der Waals surface area contributed by atoms with Gasteiger partial charge >= 0.3 is 0 Å². The van der Waals surface area contributed by atoms with E-state index in [0.29, 0.717) is 0 Å². The highest BCUT2D eigenvalue weighted by Gasteiger charge is 2.04. The summed E-state index contributed by atoms with van der Waals surface area (Å²) in [4.78, 5) is 4.64. The minimum Gasteiger partial charge on any atom is -0.252 e. The van der Waals surface area contributed by atoms with E-state index in [0.717, 1.165) is 11.2 Å². The monoisotopic (exact) mass is 237 g/mol. The maximum Gasteiger partial charge on any atom is 0.0711 e. The van der Waals surface area contributed by atoms with Gasteiger partial charge in [0.2, 0.25) is 0 Å². The van der Waals surface area contributed by atoms with Crippen LogP contribution in [-0.2, 0) is 0 Å². The Labute approximate surface area is 108 Å². The van der Waals surface area contributed by atoms with Crippen LogP contribution in [0.2, 0.25) is 0 Å². The van der Waals surface area contributed by atoms with Crippen molar-refractivity contribution in [2.75, 3.05) is 0 Å². The van der Waals surface area contributed by atoms with Crippen LogP contribution < -0.4 is 0 Å². The Balaban J connectivity index is 0.000000574. The fourth-order valence-electron chi connectivity index (χ4n) is 2.23. The van der Waals surface area contributed by atoms with E-state index in [1.807, 2.05) is 19.9 Å². The van der Waals surface area contributed by atoms with Crippen molar-refractivity contribution in [1.82, 2.24) is 4.98 Å². The summed E-state index contributed by atoms with van der Waals surface area (Å²) in [5.41, 5.74) is 3.47. The molecule has 0 atom stereocenters. The van der Waals surface area contributed by atoms with Gasteiger partial charge in [-0.1, -0.05) is 49.7 Å². The van der Waals surface area contributed by atoms with Gasteiger partial charge in [0, 0.05) is 16.5 Å². The summed E-state index contributed by atoms with van der Waals surface area (Å²) in [5.74, 6) is 0. The summed E-state index contributed by atoms with van der Waals surface area (Å²) in [6.07, 6.45) is 0. The van der Waals surface area contributed by atoms with Crippen LogP contribution in [0, 0.1) is 13.8 Å². The zero-order valence-corrected chi connectivity index (χ0v) is 11.5. The third-order valence-electron chi connectivity index (χ3n) is 3.05. The average Bonchev–Trinajstić information content (AvgIpc) is 2.41. The molecule has 0 saturated carbocycles. The molecular formula is C17H19N. The van der Waals surface area contributed by atoms with Gasteiger partial charge in [0.05, 0.1) is 5.52 Å². The lowest BCUT2D eigenvalue weighted by Crippen LogP contribution is -1.88. The predicted molar refractivity (Wildman–Crippen MR) is 80.1 cm³/mol. The number of aryl methyl sites for hydroxylation is 2. The number of para-hydroxylation sites is 1. The van der Waals surface area contributed by atoms with Crippen LogP contribution in [0.5, 0.6) is 0 Å². The van der Waals surface area contributed by atoms with E-state index in [4.69, 9.17) is 0 Å². The van der Waals surface area contributed by atoms with Gasteiger partial charge in [-0.25, -0.2) is 0 Å². The summed E-state index contributed by atoms with van der Waals surface area (Å²) >= 11 is 0. The fourth-order valence-corrected chi connectivity index (χ4v) is 2.23. The smallest absolute Gasteiger partial charge is 0.0711 e. The molecule has 2 aromatic carbocycles. The van der Waals surface area contributed by atoms with Gasteiger partial charge in [-0.05, 0) is 31.4 Å². The first-order valence-corrected chi connectivity index (χ1v) is 6.51. The third-order valence-corrected chi connectivity index (χ3v) is 3.05. The standard InChI is InChI=1S/C15H13N.C2H6/c1-10-7-8-12-13-5-3-4-6-15(13)16-11(2)14(12)9-10;1-2/h3-9H,1-2H3;1-2H3. The maximum absolute atomic E-state index is 4.64. The molecule has 0 N–H and O–H groups in total. The first-order valence-electron chi connectivity index (χ1n) is 6.51. The first-order chi connectivity index (χ1) is 8.75. The Morgan fingerprint density at radius 1 is 0.778 bits per heavy atom. The molecule has 0 saturated heterocycles. The second-order valence-electron chi connectivity index (χ2n) is 4.26. The molecule has 0 radical (unpaired) electrons. The number of rotatable bonds is 0. The van der Waals surface area contributed by atoms with E-state index < -0.39 is 0 Å². The number of nitrogens with zero attached hydrogens (tertiary/aromatic N) is 1. The predicted octanol–water partition coefficient (Wildman–Crippen LogP) is 5.03. The highest BCUT2D eigenvalue weighted by molar-refractivity contribution is 6.06. The number of benzene rings is 2. The maximum atomic E-state index is 4.64. The molecule has 0 bridgehead atoms. The van der Waals surface area contributed by atoms with Crippen LogP contribution in [0.4, 0.5) is 0 Å². The molecule has 0 spiro atoms. The normalized spacial score (nSPS) is 10.2. The largest absolute Gasteiger partial charge is 0.252 e. The molecular weight excluding hydrogens is 218 g/mol. The molecule has 0 aliphatic carbocycles. The molecule has 92 valence electrons. The Morgan fingerprint density at radius 3 is 2.28 bits per heavy atom. The van der Waals surface area contributed by atoms with Crippen LogP contribution in [-0.4, -0.2) is 4.98 Å². The van der Waals surface area contributed by atoms with Gasteiger partial charge in [0.25, 0.3) is 0 Å². The lowest BCUT2D eigenvalue weighted by molar-refractivity contribution is 1.29. The lowest BCUT2D eigenvalue weighted by atomic mass is 10.0. The van der Waals surface area contributed by atoms with Crippen molar-refractivity contribution in [3.8, 4) is 0 Å². The highest BCUT2D eigenvalue weighted by atomic mass is 14.7. The van der Waals surface area contributed by atoms with Crippen molar-refractivity contribution in [1.29, 1.82) is 0 Å². The van der Waals surface area contributed by atoms with E-state index in [9.17, 15) is 0 Å². The number of pyridine rings is 1. The number of hydrogen-bond donors (Lipinski definition) is 0. The van der Waals surface area contributed by atoms with Crippen LogP contribution in [0.25, 0.3) is 21.7 Å². The Hall–Kier alpha value is -1.89. The summed E-state index contributed by atoms with van der Waals surface area (Å²) in [6, 6.07) is 14.9. The molecule has 1 heterocycles. The average molecular weight is 237 g/mol. The van der Waals surface area contributed by atoms with Crippen molar-refractivity contribution in [3.05, 3.63) is 53.7 Å². The first kappa shape index (κ1) is 12.6. The second-order valence-corrected chi connectivity index (χ2v) is 4.26. The van der Waals surface area contributed by atoms with Crippen molar-refractivity contribution < 1.29 is 0 Å². The van der Waals surface area contributed by atoms with Gasteiger partial charge in [-0.3, -0.25) is 4.98 Å². The highest BCUT2D eigenvalue weighted by Crippen LogP contribution is 2.26. The second kappa shape index (κ2) is 5.18. The van der Waals surface area contributed by atoms with Gasteiger partial charge in [0.15, 0.2) is 0 Å². The van der Waals surface area contributed by atoms with Crippen molar-refractivity contribution in [2.45, 2.75) is 27.7 Å². The zero-order valence-electron chi connectivity index (χ0n) is 11.5. The van der Waals surface area contributed by atoms with Gasteiger partial charge < -0.3 is 0 Å². The molecule has 0 amide bonds. The van der Waals surface area contributed by atoms with Crippen molar-refractivity contribution in [2.24, 2.45) is 0 Å². The molecule has 18 heavy (non-hydrogen) atoms. The SMILES string of the molecule is CC.Cc1ccc2c(c1)c(C)nc1ccccc12. The van der Waals surface area contributed by atoms with Crippen LogP contribution in [0.3, 0.4) is 0 Å². The van der Waals surface area contributed by atoms with E-state index in [-0.39, 0.29) is 0 Å². The van der Waals surface area contributed by atoms with Gasteiger partial charge in [-0.2, -0.15) is 0 Å². The van der Waals surface area contributed by atoms with Crippen molar-refractivity contribution in [3.63, 3.8) is 0 Å². The Bertz CT molecular complexity index is 684. The molecule has 0 unspecified atom stereocenters. The number of fused-ring (bicyclic) bond motifs is 3. The van der Waals surface area contributed by atoms with E-state index in [1.54, 1.807) is 0 Å². The molecule has 1 heteroatoms. The lowest BCUT2D eigenvalue weighted by Gasteiger charge is -2.07. The minimum atomic E-state index is 1.08. The topological polar surface area (TPSA) is 12.9 Å². The molecule has 1 aromatic heterocycles. The molecule has 0 aliphatic heterocycles. The quantitative estimate of drug-likeness (QED) is 0.500. The van der Waals surface area contributed by atoms with E-state index >= 15 is 0 Å². The van der Waals surface area contributed by atoms with Gasteiger partial charge in [-0.15, -0.1) is 0 Å². The van der Waals surface area contributed by atoms with E-state index in [2.05, 4.69) is 55.2 Å². The summed E-state index contributed by atoms with van der Waals surface area (Å²) in [7, 11) is 0. The zero-order chi connectivity index (χ0) is 13.1. The minimum absolute atomic E-state index is 1.08. The number of hydrogen-bond acceptors (Lipinski definition) is 1. The Kier molecular flexibility index (Phi) is 3.61.